The molecule has 3 rings (SSSR count). The van der Waals surface area contributed by atoms with E-state index in [0.29, 0.717) is 5.69 Å². The van der Waals surface area contributed by atoms with E-state index in [1.807, 2.05) is 19.9 Å². The molecule has 3 heterocycles. The summed E-state index contributed by atoms with van der Waals surface area (Å²) in [5.74, 6) is 1.34. The lowest BCUT2D eigenvalue weighted by Crippen LogP contribution is -2.47. The largest absolute Gasteiger partial charge is 0.352 e. The molecule has 1 aliphatic rings. The number of anilines is 2. The van der Waals surface area contributed by atoms with Crippen LogP contribution in [0.25, 0.3) is 0 Å². The Balaban J connectivity index is 1.59. The zero-order valence-corrected chi connectivity index (χ0v) is 13.9. The van der Waals surface area contributed by atoms with Gasteiger partial charge in [0.1, 0.15) is 11.5 Å². The predicted octanol–water partition coefficient (Wildman–Crippen LogP) is 0.731. The summed E-state index contributed by atoms with van der Waals surface area (Å²) in [7, 11) is 0. The second-order valence-electron chi connectivity index (χ2n) is 5.91. The SMILES string of the molecule is CC(C)NC(=O)c1cnc(N2CCN(c3ncccn3)CC2)cn1. The summed E-state index contributed by atoms with van der Waals surface area (Å²) in [6.45, 7) is 7.09. The Morgan fingerprint density at radius 3 is 2.25 bits per heavy atom. The van der Waals surface area contributed by atoms with E-state index < -0.39 is 0 Å². The molecular weight excluding hydrogens is 306 g/mol. The monoisotopic (exact) mass is 327 g/mol. The molecule has 1 saturated heterocycles. The Hall–Kier alpha value is -2.77. The van der Waals surface area contributed by atoms with Crippen LogP contribution in [0.15, 0.2) is 30.9 Å². The van der Waals surface area contributed by atoms with Crippen LogP contribution in [-0.2, 0) is 0 Å². The highest BCUT2D eigenvalue weighted by molar-refractivity contribution is 5.92. The van der Waals surface area contributed by atoms with Crippen molar-refractivity contribution in [3.05, 3.63) is 36.5 Å². The van der Waals surface area contributed by atoms with Crippen molar-refractivity contribution in [3.8, 4) is 0 Å². The van der Waals surface area contributed by atoms with E-state index in [1.54, 1.807) is 18.6 Å². The highest BCUT2D eigenvalue weighted by Crippen LogP contribution is 2.15. The molecule has 1 fully saturated rings. The van der Waals surface area contributed by atoms with Crippen LogP contribution in [0, 0.1) is 0 Å². The highest BCUT2D eigenvalue weighted by atomic mass is 16.1. The summed E-state index contributed by atoms with van der Waals surface area (Å²) >= 11 is 0. The molecule has 0 saturated carbocycles. The molecule has 24 heavy (non-hydrogen) atoms. The van der Waals surface area contributed by atoms with Crippen molar-refractivity contribution in [2.45, 2.75) is 19.9 Å². The summed E-state index contributed by atoms with van der Waals surface area (Å²) in [5, 5.41) is 2.81. The smallest absolute Gasteiger partial charge is 0.271 e. The fourth-order valence-electron chi connectivity index (χ4n) is 2.53. The second-order valence-corrected chi connectivity index (χ2v) is 5.91. The fourth-order valence-corrected chi connectivity index (χ4v) is 2.53. The minimum absolute atomic E-state index is 0.0762. The first-order chi connectivity index (χ1) is 11.6. The van der Waals surface area contributed by atoms with Gasteiger partial charge in [-0.2, -0.15) is 0 Å². The Morgan fingerprint density at radius 2 is 1.67 bits per heavy atom. The first-order valence-electron chi connectivity index (χ1n) is 8.03. The Morgan fingerprint density at radius 1 is 1.00 bits per heavy atom. The van der Waals surface area contributed by atoms with E-state index in [2.05, 4.69) is 35.1 Å². The average molecular weight is 327 g/mol. The van der Waals surface area contributed by atoms with Gasteiger partial charge in [-0.3, -0.25) is 4.79 Å². The van der Waals surface area contributed by atoms with Crippen molar-refractivity contribution in [3.63, 3.8) is 0 Å². The maximum absolute atomic E-state index is 11.9. The summed E-state index contributed by atoms with van der Waals surface area (Å²) < 4.78 is 0. The van der Waals surface area contributed by atoms with Gasteiger partial charge in [-0.25, -0.2) is 19.9 Å². The molecule has 2 aromatic heterocycles. The van der Waals surface area contributed by atoms with Crippen molar-refractivity contribution in [2.24, 2.45) is 0 Å². The van der Waals surface area contributed by atoms with Crippen LogP contribution in [0.1, 0.15) is 24.3 Å². The molecule has 2 aromatic rings. The molecule has 0 aromatic carbocycles. The van der Waals surface area contributed by atoms with E-state index in [1.165, 1.54) is 6.20 Å². The van der Waals surface area contributed by atoms with Crippen LogP contribution in [0.4, 0.5) is 11.8 Å². The van der Waals surface area contributed by atoms with E-state index in [4.69, 9.17) is 0 Å². The molecule has 1 amide bonds. The van der Waals surface area contributed by atoms with Crippen LogP contribution in [0.5, 0.6) is 0 Å². The third-order valence-corrected chi connectivity index (χ3v) is 3.73. The van der Waals surface area contributed by atoms with E-state index in [9.17, 15) is 4.79 Å². The third kappa shape index (κ3) is 3.76. The van der Waals surface area contributed by atoms with Gasteiger partial charge in [0.15, 0.2) is 0 Å². The van der Waals surface area contributed by atoms with Gasteiger partial charge in [-0.05, 0) is 19.9 Å². The number of hydrogen-bond donors (Lipinski definition) is 1. The topological polar surface area (TPSA) is 87.1 Å². The number of hydrogen-bond acceptors (Lipinski definition) is 7. The molecule has 8 heteroatoms. The lowest BCUT2D eigenvalue weighted by atomic mass is 10.3. The van der Waals surface area contributed by atoms with Gasteiger partial charge in [0.25, 0.3) is 5.91 Å². The van der Waals surface area contributed by atoms with Crippen LogP contribution in [0.3, 0.4) is 0 Å². The number of nitrogens with one attached hydrogen (secondary N) is 1. The van der Waals surface area contributed by atoms with Crippen molar-refractivity contribution < 1.29 is 4.79 Å². The molecule has 126 valence electrons. The average Bonchev–Trinajstić information content (AvgIpc) is 2.62. The fraction of sp³-hybridized carbons (Fsp3) is 0.438. The van der Waals surface area contributed by atoms with Gasteiger partial charge in [0.05, 0.1) is 12.4 Å². The molecular formula is C16H21N7O. The molecule has 0 spiro atoms. The zero-order chi connectivity index (χ0) is 16.9. The Bertz CT molecular complexity index is 667. The van der Waals surface area contributed by atoms with E-state index in [-0.39, 0.29) is 11.9 Å². The van der Waals surface area contributed by atoms with Gasteiger partial charge >= 0.3 is 0 Å². The zero-order valence-electron chi connectivity index (χ0n) is 13.9. The number of nitrogens with zero attached hydrogens (tertiary/aromatic N) is 6. The molecule has 0 bridgehead atoms. The first kappa shape index (κ1) is 16.1. The van der Waals surface area contributed by atoms with Crippen LogP contribution in [0.2, 0.25) is 0 Å². The Labute approximate surface area is 141 Å². The summed E-state index contributed by atoms with van der Waals surface area (Å²) in [4.78, 5) is 33.4. The summed E-state index contributed by atoms with van der Waals surface area (Å²) in [6.07, 6.45) is 6.69. The number of piperazine rings is 1. The molecule has 8 nitrogen and oxygen atoms in total. The number of carbonyl (C=O) groups is 1. The van der Waals surface area contributed by atoms with Gasteiger partial charge in [0, 0.05) is 44.6 Å². The number of amides is 1. The maximum Gasteiger partial charge on any atom is 0.271 e. The molecule has 0 unspecified atom stereocenters. The van der Waals surface area contributed by atoms with E-state index in [0.717, 1.165) is 37.9 Å². The quantitative estimate of drug-likeness (QED) is 0.886. The predicted molar refractivity (Wildman–Crippen MR) is 91.1 cm³/mol. The first-order valence-corrected chi connectivity index (χ1v) is 8.03. The van der Waals surface area contributed by atoms with Crippen LogP contribution < -0.4 is 15.1 Å². The van der Waals surface area contributed by atoms with Crippen molar-refractivity contribution >= 4 is 17.7 Å². The maximum atomic E-state index is 11.9. The normalized spacial score (nSPS) is 14.8. The molecule has 1 N–H and O–H groups in total. The summed E-state index contributed by atoms with van der Waals surface area (Å²) in [5.41, 5.74) is 0.337. The van der Waals surface area contributed by atoms with Gasteiger partial charge in [0.2, 0.25) is 5.95 Å². The van der Waals surface area contributed by atoms with Gasteiger partial charge in [-0.1, -0.05) is 0 Å². The second kappa shape index (κ2) is 7.20. The lowest BCUT2D eigenvalue weighted by molar-refractivity contribution is 0.0937. The standard InChI is InChI=1S/C16H21N7O/c1-12(2)21-15(24)13-10-20-14(11-19-13)22-6-8-23(9-7-22)16-17-4-3-5-18-16/h3-5,10-12H,6-9H2,1-2H3,(H,21,24). The van der Waals surface area contributed by atoms with Crippen molar-refractivity contribution in [1.29, 1.82) is 0 Å². The number of carbonyl (C=O) groups excluding carboxylic acids is 1. The third-order valence-electron chi connectivity index (χ3n) is 3.73. The van der Waals surface area contributed by atoms with Crippen LogP contribution in [-0.4, -0.2) is 58.1 Å². The van der Waals surface area contributed by atoms with Crippen molar-refractivity contribution in [1.82, 2.24) is 25.3 Å². The van der Waals surface area contributed by atoms with Gasteiger partial charge in [-0.15, -0.1) is 0 Å². The number of aromatic nitrogens is 4. The number of rotatable bonds is 4. The minimum Gasteiger partial charge on any atom is -0.352 e. The summed E-state index contributed by atoms with van der Waals surface area (Å²) in [6, 6.07) is 1.89. The Kier molecular flexibility index (Phi) is 4.83. The van der Waals surface area contributed by atoms with Gasteiger partial charge < -0.3 is 15.1 Å². The highest BCUT2D eigenvalue weighted by Gasteiger charge is 2.20. The molecule has 0 aliphatic carbocycles. The van der Waals surface area contributed by atoms with E-state index >= 15 is 0 Å². The van der Waals surface area contributed by atoms with Crippen molar-refractivity contribution in [2.75, 3.05) is 36.0 Å². The minimum atomic E-state index is -0.199. The lowest BCUT2D eigenvalue weighted by Gasteiger charge is -2.35. The molecule has 1 aliphatic heterocycles. The van der Waals surface area contributed by atoms with Crippen LogP contribution >= 0.6 is 0 Å². The molecule has 0 radical (unpaired) electrons. The molecule has 0 atom stereocenters.